The summed E-state index contributed by atoms with van der Waals surface area (Å²) in [5, 5.41) is 5.84. The van der Waals surface area contributed by atoms with Crippen LogP contribution in [0.1, 0.15) is 28.4 Å². The molecule has 3 aromatic heterocycles. The molecule has 4 nitrogen and oxygen atoms in total. The molecule has 0 bridgehead atoms. The predicted octanol–water partition coefficient (Wildman–Crippen LogP) is 7.24. The minimum Gasteiger partial charge on any atom is -0.379 e. The van der Waals surface area contributed by atoms with Gasteiger partial charge in [-0.15, -0.1) is 0 Å². The highest BCUT2D eigenvalue weighted by molar-refractivity contribution is 5.90. The molecule has 0 amide bonds. The van der Waals surface area contributed by atoms with Gasteiger partial charge in [-0.25, -0.2) is 9.97 Å². The van der Waals surface area contributed by atoms with E-state index in [1.165, 1.54) is 27.5 Å². The fourth-order valence-corrected chi connectivity index (χ4v) is 5.84. The van der Waals surface area contributed by atoms with Crippen LogP contribution in [0, 0.1) is 0 Å². The Kier molecular flexibility index (Phi) is 4.68. The third-order valence-electron chi connectivity index (χ3n) is 7.86. The Labute approximate surface area is 221 Å². The second kappa shape index (κ2) is 8.35. The number of pyridine rings is 3. The highest BCUT2D eigenvalue weighted by atomic mass is 14.9. The molecule has 4 heterocycles. The van der Waals surface area contributed by atoms with Crippen LogP contribution < -0.4 is 5.32 Å². The zero-order valence-electron chi connectivity index (χ0n) is 20.7. The lowest BCUT2D eigenvalue weighted by Crippen LogP contribution is -2.23. The summed E-state index contributed by atoms with van der Waals surface area (Å²) in [6.45, 7) is 0. The number of rotatable bonds is 2. The lowest BCUT2D eigenvalue weighted by molar-refractivity contribution is 0.690. The molecule has 1 aliphatic heterocycles. The zero-order chi connectivity index (χ0) is 25.1. The van der Waals surface area contributed by atoms with Crippen molar-refractivity contribution in [3.8, 4) is 33.9 Å². The van der Waals surface area contributed by atoms with Crippen molar-refractivity contribution in [1.82, 2.24) is 20.3 Å². The summed E-state index contributed by atoms with van der Waals surface area (Å²) in [5.74, 6) is 0. The molecule has 2 aliphatic carbocycles. The number of benzene rings is 2. The summed E-state index contributed by atoms with van der Waals surface area (Å²) in [6.07, 6.45) is 14.4. The van der Waals surface area contributed by atoms with Crippen LogP contribution in [0.25, 0.3) is 50.8 Å². The van der Waals surface area contributed by atoms with Crippen LogP contribution in [0.5, 0.6) is 0 Å². The Morgan fingerprint density at radius 3 is 2.37 bits per heavy atom. The van der Waals surface area contributed by atoms with Gasteiger partial charge in [0.1, 0.15) is 0 Å². The fraction of sp³-hybridized carbons (Fsp3) is 0.0882. The number of nitrogens with zero attached hydrogens (tertiary/aromatic N) is 3. The minimum atomic E-state index is 0.0988. The SMILES string of the molecule is C1=CNC2C(=C1)C=Cc1ccc(-c3ccc4ccc(-c5ccc6c(n5)-c5ncccc5CC6)cc4c3)nc12. The van der Waals surface area contributed by atoms with Gasteiger partial charge in [0.25, 0.3) is 0 Å². The molecule has 0 radical (unpaired) electrons. The topological polar surface area (TPSA) is 50.7 Å². The van der Waals surface area contributed by atoms with Gasteiger partial charge in [0.15, 0.2) is 0 Å². The number of aromatic nitrogens is 3. The van der Waals surface area contributed by atoms with Crippen molar-refractivity contribution in [3.05, 3.63) is 131 Å². The highest BCUT2D eigenvalue weighted by Crippen LogP contribution is 2.36. The van der Waals surface area contributed by atoms with Crippen LogP contribution in [0.15, 0.2) is 109 Å². The Bertz CT molecular complexity index is 1860. The van der Waals surface area contributed by atoms with Crippen LogP contribution in [0.3, 0.4) is 0 Å². The first-order chi connectivity index (χ1) is 18.8. The molecule has 38 heavy (non-hydrogen) atoms. The van der Waals surface area contributed by atoms with E-state index in [4.69, 9.17) is 9.97 Å². The minimum absolute atomic E-state index is 0.0988. The van der Waals surface area contributed by atoms with E-state index >= 15 is 0 Å². The van der Waals surface area contributed by atoms with Gasteiger partial charge in [-0.2, -0.15) is 0 Å². The number of aryl methyl sites for hydroxylation is 2. The third kappa shape index (κ3) is 3.41. The lowest BCUT2D eigenvalue weighted by Gasteiger charge is -2.26. The van der Waals surface area contributed by atoms with E-state index in [2.05, 4.69) is 95.3 Å². The van der Waals surface area contributed by atoms with Gasteiger partial charge in [-0.05, 0) is 88.5 Å². The van der Waals surface area contributed by atoms with Crippen molar-refractivity contribution in [2.45, 2.75) is 18.9 Å². The maximum absolute atomic E-state index is 5.12. The van der Waals surface area contributed by atoms with Gasteiger partial charge in [-0.1, -0.05) is 60.7 Å². The zero-order valence-corrected chi connectivity index (χ0v) is 20.7. The van der Waals surface area contributed by atoms with Crippen molar-refractivity contribution in [2.75, 3.05) is 0 Å². The number of allylic oxidation sites excluding steroid dienone is 2. The predicted molar refractivity (Wildman–Crippen MR) is 153 cm³/mol. The summed E-state index contributed by atoms with van der Waals surface area (Å²) >= 11 is 0. The molecule has 1 atom stereocenters. The van der Waals surface area contributed by atoms with E-state index < -0.39 is 0 Å². The van der Waals surface area contributed by atoms with Gasteiger partial charge >= 0.3 is 0 Å². The van der Waals surface area contributed by atoms with E-state index in [9.17, 15) is 0 Å². The average Bonchev–Trinajstić information content (AvgIpc) is 3.00. The Morgan fingerprint density at radius 2 is 1.50 bits per heavy atom. The van der Waals surface area contributed by atoms with Crippen molar-refractivity contribution in [2.24, 2.45) is 0 Å². The van der Waals surface area contributed by atoms with E-state index in [0.717, 1.165) is 58.0 Å². The molecule has 3 aliphatic rings. The first-order valence-corrected chi connectivity index (χ1v) is 13.1. The standard InChI is InChI=1S/C34H24N4/c1-3-22-7-9-24-13-15-29(37-33(24)31(22)35-17-1)26-11-5-21-6-12-27(20-28(21)19-26)30-16-14-25-10-8-23-4-2-18-36-32(23)34(25)38-30/h1-7,9,11-20,31,35H,8,10H2. The molecule has 0 spiro atoms. The van der Waals surface area contributed by atoms with Gasteiger partial charge in [0, 0.05) is 17.3 Å². The number of nitrogens with one attached hydrogen (secondary N) is 1. The van der Waals surface area contributed by atoms with Crippen molar-refractivity contribution < 1.29 is 0 Å². The van der Waals surface area contributed by atoms with Gasteiger partial charge in [0.05, 0.1) is 34.5 Å². The molecule has 180 valence electrons. The van der Waals surface area contributed by atoms with Gasteiger partial charge in [-0.3, -0.25) is 4.98 Å². The molecule has 5 aromatic rings. The molecular weight excluding hydrogens is 464 g/mol. The molecule has 4 heteroatoms. The maximum Gasteiger partial charge on any atom is 0.0942 e. The van der Waals surface area contributed by atoms with Crippen molar-refractivity contribution in [3.63, 3.8) is 0 Å². The lowest BCUT2D eigenvalue weighted by atomic mass is 9.91. The van der Waals surface area contributed by atoms with Crippen molar-refractivity contribution >= 4 is 16.8 Å². The smallest absolute Gasteiger partial charge is 0.0942 e. The number of hydrogen-bond donors (Lipinski definition) is 1. The molecule has 2 aromatic carbocycles. The second-order valence-corrected chi connectivity index (χ2v) is 10.1. The van der Waals surface area contributed by atoms with E-state index in [1.54, 1.807) is 0 Å². The molecule has 0 saturated heterocycles. The summed E-state index contributed by atoms with van der Waals surface area (Å²) in [4.78, 5) is 14.9. The van der Waals surface area contributed by atoms with Crippen molar-refractivity contribution in [1.29, 1.82) is 0 Å². The summed E-state index contributed by atoms with van der Waals surface area (Å²) in [6, 6.07) is 26.1. The first-order valence-electron chi connectivity index (χ1n) is 13.1. The Morgan fingerprint density at radius 1 is 0.711 bits per heavy atom. The van der Waals surface area contributed by atoms with Crippen LogP contribution in [0.2, 0.25) is 0 Å². The summed E-state index contributed by atoms with van der Waals surface area (Å²) in [5.41, 5.74) is 12.2. The van der Waals surface area contributed by atoms with E-state index in [1.807, 2.05) is 24.5 Å². The van der Waals surface area contributed by atoms with Crippen LogP contribution in [-0.4, -0.2) is 15.0 Å². The maximum atomic E-state index is 5.12. The average molecular weight is 489 g/mol. The van der Waals surface area contributed by atoms with Crippen LogP contribution >= 0.6 is 0 Å². The van der Waals surface area contributed by atoms with Crippen LogP contribution in [-0.2, 0) is 12.8 Å². The molecule has 0 fully saturated rings. The molecule has 8 rings (SSSR count). The fourth-order valence-electron chi connectivity index (χ4n) is 5.84. The number of dihydropyridines is 1. The highest BCUT2D eigenvalue weighted by Gasteiger charge is 2.23. The largest absolute Gasteiger partial charge is 0.379 e. The third-order valence-corrected chi connectivity index (χ3v) is 7.86. The van der Waals surface area contributed by atoms with E-state index in [0.29, 0.717) is 0 Å². The molecule has 1 unspecified atom stereocenters. The molecular formula is C34H24N4. The van der Waals surface area contributed by atoms with Crippen LogP contribution in [0.4, 0.5) is 0 Å². The molecule has 0 saturated carbocycles. The normalized spacial score (nSPS) is 16.6. The van der Waals surface area contributed by atoms with Gasteiger partial charge < -0.3 is 5.32 Å². The molecule has 1 N–H and O–H groups in total. The van der Waals surface area contributed by atoms with E-state index in [-0.39, 0.29) is 6.04 Å². The summed E-state index contributed by atoms with van der Waals surface area (Å²) < 4.78 is 0. The second-order valence-electron chi connectivity index (χ2n) is 10.1. The monoisotopic (exact) mass is 488 g/mol. The Balaban J connectivity index is 1.19. The number of fused-ring (bicyclic) bond motifs is 7. The Hall–Kier alpha value is -4.83. The number of hydrogen-bond acceptors (Lipinski definition) is 4. The first kappa shape index (κ1) is 21.3. The quantitative estimate of drug-likeness (QED) is 0.285. The van der Waals surface area contributed by atoms with Gasteiger partial charge in [0.2, 0.25) is 0 Å². The summed E-state index contributed by atoms with van der Waals surface area (Å²) in [7, 11) is 0.